The highest BCUT2D eigenvalue weighted by atomic mass is 35.5. The van der Waals surface area contributed by atoms with E-state index in [2.05, 4.69) is 0 Å². The van der Waals surface area contributed by atoms with Crippen molar-refractivity contribution in [1.29, 1.82) is 0 Å². The predicted octanol–water partition coefficient (Wildman–Crippen LogP) is 2.61. The number of halogens is 1. The van der Waals surface area contributed by atoms with Crippen molar-refractivity contribution in [1.82, 2.24) is 0 Å². The second-order valence-corrected chi connectivity index (χ2v) is 3.03. The largest absolute Gasteiger partial charge is 0.281 e. The summed E-state index contributed by atoms with van der Waals surface area (Å²) in [6.07, 6.45) is 0. The molecule has 0 bridgehead atoms. The Hall–Kier alpha value is -0.820. The van der Waals surface area contributed by atoms with Gasteiger partial charge in [0, 0.05) is 0 Å². The van der Waals surface area contributed by atoms with Gasteiger partial charge in [-0.3, -0.25) is 4.79 Å². The molecule has 0 spiro atoms. The summed E-state index contributed by atoms with van der Waals surface area (Å²) in [4.78, 5) is 10.8. The van der Waals surface area contributed by atoms with Crippen molar-refractivity contribution in [2.24, 2.45) is 0 Å². The fourth-order valence-electron chi connectivity index (χ4n) is 1.03. The van der Waals surface area contributed by atoms with Crippen LogP contribution in [0.25, 0.3) is 0 Å². The van der Waals surface area contributed by atoms with Crippen molar-refractivity contribution in [2.75, 3.05) is 0 Å². The summed E-state index contributed by atoms with van der Waals surface area (Å²) in [6.45, 7) is 7.39. The molecule has 0 aliphatic rings. The van der Waals surface area contributed by atoms with Gasteiger partial charge in [-0.05, 0) is 29.7 Å². The smallest absolute Gasteiger partial charge is 0.228 e. The van der Waals surface area contributed by atoms with E-state index in [1.54, 1.807) is 19.1 Å². The summed E-state index contributed by atoms with van der Waals surface area (Å²) in [5, 5.41) is -0.382. The van der Waals surface area contributed by atoms with E-state index >= 15 is 0 Å². The van der Waals surface area contributed by atoms with Crippen molar-refractivity contribution in [3.8, 4) is 0 Å². The normalized spacial score (nSPS) is 12.6. The average Bonchev–Trinajstić information content (AvgIpc) is 2.04. The second-order valence-electron chi connectivity index (χ2n) is 2.65. The first-order valence-electron chi connectivity index (χ1n) is 3.66. The van der Waals surface area contributed by atoms with Gasteiger partial charge in [0.1, 0.15) is 0 Å². The molecule has 0 fully saturated rings. The number of benzene rings is 1. The van der Waals surface area contributed by atoms with Crippen LogP contribution >= 0.6 is 11.6 Å². The molecule has 1 aromatic carbocycles. The monoisotopic (exact) mass is 180 g/mol. The van der Waals surface area contributed by atoms with Gasteiger partial charge in [0.05, 0.1) is 5.92 Å². The Bertz CT molecular complexity index is 294. The van der Waals surface area contributed by atoms with Crippen molar-refractivity contribution in [2.45, 2.75) is 12.8 Å². The van der Waals surface area contributed by atoms with Gasteiger partial charge < -0.3 is 0 Å². The van der Waals surface area contributed by atoms with E-state index in [4.69, 9.17) is 18.5 Å². The summed E-state index contributed by atoms with van der Waals surface area (Å²) in [6, 6.07) is 7.22. The molecule has 1 atom stereocenters. The zero-order valence-electron chi connectivity index (χ0n) is 6.75. The van der Waals surface area contributed by atoms with Crippen molar-refractivity contribution >= 4 is 16.8 Å². The van der Waals surface area contributed by atoms with Crippen LogP contribution in [0.15, 0.2) is 24.3 Å². The van der Waals surface area contributed by atoms with Crippen molar-refractivity contribution < 1.29 is 4.79 Å². The Morgan fingerprint density at radius 3 is 2.58 bits per heavy atom. The fraction of sp³-hybridized carbons (Fsp3) is 0.200. The van der Waals surface area contributed by atoms with Crippen molar-refractivity contribution in [3.63, 3.8) is 0 Å². The molecule has 2 radical (unpaired) electrons. The molecule has 1 rings (SSSR count). The van der Waals surface area contributed by atoms with E-state index in [-0.39, 0.29) is 11.2 Å². The van der Waals surface area contributed by atoms with Gasteiger partial charge in [-0.2, -0.15) is 0 Å². The third-order valence-corrected chi connectivity index (χ3v) is 2.13. The van der Waals surface area contributed by atoms with Gasteiger partial charge >= 0.3 is 0 Å². The van der Waals surface area contributed by atoms with Gasteiger partial charge in [0.2, 0.25) is 5.24 Å². The lowest BCUT2D eigenvalue weighted by molar-refractivity contribution is -0.112. The Morgan fingerprint density at radius 1 is 1.50 bits per heavy atom. The van der Waals surface area contributed by atoms with Gasteiger partial charge in [0.15, 0.2) is 0 Å². The summed E-state index contributed by atoms with van der Waals surface area (Å²) in [5.74, 6) is -0.326. The Kier molecular flexibility index (Phi) is 2.88. The van der Waals surface area contributed by atoms with Crippen LogP contribution in [0.4, 0.5) is 0 Å². The molecule has 0 N–H and O–H groups in total. The maximum Gasteiger partial charge on any atom is 0.228 e. The van der Waals surface area contributed by atoms with E-state index in [9.17, 15) is 4.79 Å². The molecule has 0 saturated carbocycles. The highest BCUT2D eigenvalue weighted by Crippen LogP contribution is 2.20. The number of hydrogen-bond donors (Lipinski definition) is 0. The first kappa shape index (κ1) is 9.27. The van der Waals surface area contributed by atoms with E-state index in [1.807, 2.05) is 12.1 Å². The van der Waals surface area contributed by atoms with E-state index in [1.165, 1.54) is 0 Å². The van der Waals surface area contributed by atoms with Crippen LogP contribution in [0.3, 0.4) is 0 Å². The van der Waals surface area contributed by atoms with Crippen LogP contribution in [0, 0.1) is 6.92 Å². The molecule has 0 amide bonds. The van der Waals surface area contributed by atoms with Gasteiger partial charge in [-0.25, -0.2) is 0 Å². The minimum atomic E-state index is -0.382. The molecule has 0 heterocycles. The lowest BCUT2D eigenvalue weighted by atomic mass is 9.98. The molecule has 1 unspecified atom stereocenters. The lowest BCUT2D eigenvalue weighted by Crippen LogP contribution is -2.03. The molecule has 0 aliphatic carbocycles. The maximum absolute atomic E-state index is 10.8. The predicted molar refractivity (Wildman–Crippen MR) is 49.1 cm³/mol. The Balaban J connectivity index is 3.02. The molecule has 1 aromatic rings. The SMILES string of the molecule is [CH]c1ccccc1C(C)C(=O)Cl. The fourth-order valence-corrected chi connectivity index (χ4v) is 1.15. The molecule has 0 saturated heterocycles. The number of carbonyl (C=O) groups is 1. The van der Waals surface area contributed by atoms with Gasteiger partial charge in [0.25, 0.3) is 0 Å². The maximum atomic E-state index is 10.8. The highest BCUT2D eigenvalue weighted by molar-refractivity contribution is 6.64. The van der Waals surface area contributed by atoms with E-state index in [0.29, 0.717) is 5.56 Å². The van der Waals surface area contributed by atoms with Gasteiger partial charge in [-0.15, -0.1) is 0 Å². The zero-order chi connectivity index (χ0) is 9.14. The molecule has 1 nitrogen and oxygen atoms in total. The van der Waals surface area contributed by atoms with Crippen molar-refractivity contribution in [3.05, 3.63) is 42.3 Å². The molecular formula is C10H9ClO. The lowest BCUT2D eigenvalue weighted by Gasteiger charge is -2.08. The Labute approximate surface area is 77.4 Å². The number of carbonyl (C=O) groups excluding carboxylic acids is 1. The van der Waals surface area contributed by atoms with Crippen LogP contribution < -0.4 is 0 Å². The van der Waals surface area contributed by atoms with Crippen LogP contribution in [-0.4, -0.2) is 5.24 Å². The molecule has 62 valence electrons. The summed E-state index contributed by atoms with van der Waals surface area (Å²) >= 11 is 5.34. The third kappa shape index (κ3) is 1.86. The molecule has 0 aromatic heterocycles. The van der Waals surface area contributed by atoms with Crippen LogP contribution in [0.1, 0.15) is 24.0 Å². The van der Waals surface area contributed by atoms with Crippen LogP contribution in [0.2, 0.25) is 0 Å². The number of rotatable bonds is 2. The van der Waals surface area contributed by atoms with E-state index in [0.717, 1.165) is 5.56 Å². The molecule has 2 heteroatoms. The quantitative estimate of drug-likeness (QED) is 0.640. The summed E-state index contributed by atoms with van der Waals surface area (Å²) in [7, 11) is 0. The topological polar surface area (TPSA) is 17.1 Å². The van der Waals surface area contributed by atoms with Crippen LogP contribution in [-0.2, 0) is 4.79 Å². The summed E-state index contributed by atoms with van der Waals surface area (Å²) < 4.78 is 0. The minimum absolute atomic E-state index is 0.326. The van der Waals surface area contributed by atoms with Crippen LogP contribution in [0.5, 0.6) is 0 Å². The highest BCUT2D eigenvalue weighted by Gasteiger charge is 2.13. The molecule has 0 aliphatic heterocycles. The molecule has 12 heavy (non-hydrogen) atoms. The minimum Gasteiger partial charge on any atom is -0.281 e. The average molecular weight is 181 g/mol. The molecular weight excluding hydrogens is 172 g/mol. The van der Waals surface area contributed by atoms with Gasteiger partial charge in [-0.1, -0.05) is 31.2 Å². The third-order valence-electron chi connectivity index (χ3n) is 1.80. The van der Waals surface area contributed by atoms with E-state index < -0.39 is 0 Å². The second kappa shape index (κ2) is 3.72. The summed E-state index contributed by atoms with van der Waals surface area (Å²) in [5.41, 5.74) is 1.40. The zero-order valence-corrected chi connectivity index (χ0v) is 7.51. The standard InChI is InChI=1S/C10H9ClO/c1-7-5-3-4-6-9(7)8(2)10(11)12/h1,3-6,8H,2H3. The first-order valence-corrected chi connectivity index (χ1v) is 4.04. The number of hydrogen-bond acceptors (Lipinski definition) is 1. The Morgan fingerprint density at radius 2 is 2.08 bits per heavy atom. The first-order chi connectivity index (χ1) is 5.63.